The summed E-state index contributed by atoms with van der Waals surface area (Å²) in [6.45, 7) is 6.43. The van der Waals surface area contributed by atoms with Gasteiger partial charge in [0.2, 0.25) is 17.6 Å². The van der Waals surface area contributed by atoms with E-state index in [9.17, 15) is 4.79 Å². The molecular formula is C18H26N4O4. The molecule has 0 aliphatic heterocycles. The SMILES string of the molecule is COc1ccc(-c2noc(CN(C)CC(=O)NC(C)(C)C)n2)c(OC)c1. The van der Waals surface area contributed by atoms with Gasteiger partial charge in [-0.05, 0) is 40.0 Å². The minimum absolute atomic E-state index is 0.0587. The normalized spacial score (nSPS) is 11.5. The Bertz CT molecular complexity index is 752. The minimum atomic E-state index is -0.263. The maximum Gasteiger partial charge on any atom is 0.241 e. The molecular weight excluding hydrogens is 336 g/mol. The van der Waals surface area contributed by atoms with Gasteiger partial charge in [0.15, 0.2) is 0 Å². The number of likely N-dealkylation sites (N-methyl/N-ethyl adjacent to an activating group) is 1. The standard InChI is InChI=1S/C18H26N4O4/c1-18(2,3)20-15(23)10-22(4)11-16-19-17(21-26-16)13-8-7-12(24-5)9-14(13)25-6/h7-9H,10-11H2,1-6H3,(H,20,23). The fourth-order valence-electron chi connectivity index (χ4n) is 2.40. The van der Waals surface area contributed by atoms with Gasteiger partial charge in [0.1, 0.15) is 11.5 Å². The second-order valence-corrected chi connectivity index (χ2v) is 7.05. The van der Waals surface area contributed by atoms with E-state index in [1.54, 1.807) is 26.4 Å². The molecule has 0 aliphatic rings. The first-order chi connectivity index (χ1) is 12.2. The Hall–Kier alpha value is -2.61. The number of methoxy groups -OCH3 is 2. The lowest BCUT2D eigenvalue weighted by molar-refractivity contribution is -0.123. The summed E-state index contributed by atoms with van der Waals surface area (Å²) >= 11 is 0. The van der Waals surface area contributed by atoms with Crippen LogP contribution in [0, 0.1) is 0 Å². The molecule has 0 unspecified atom stereocenters. The van der Waals surface area contributed by atoms with E-state index in [0.29, 0.717) is 35.3 Å². The summed E-state index contributed by atoms with van der Waals surface area (Å²) in [7, 11) is 4.98. The van der Waals surface area contributed by atoms with Gasteiger partial charge in [-0.2, -0.15) is 4.98 Å². The molecule has 0 saturated carbocycles. The van der Waals surface area contributed by atoms with Crippen LogP contribution in [0.25, 0.3) is 11.4 Å². The Kier molecular flexibility index (Phi) is 6.20. The van der Waals surface area contributed by atoms with E-state index in [0.717, 1.165) is 0 Å². The zero-order chi connectivity index (χ0) is 19.3. The molecule has 142 valence electrons. The molecule has 1 heterocycles. The molecule has 8 nitrogen and oxygen atoms in total. The van der Waals surface area contributed by atoms with Crippen molar-refractivity contribution in [2.24, 2.45) is 0 Å². The third kappa shape index (κ3) is 5.45. The van der Waals surface area contributed by atoms with Crippen LogP contribution in [-0.4, -0.2) is 54.3 Å². The summed E-state index contributed by atoms with van der Waals surface area (Å²) in [6, 6.07) is 5.37. The van der Waals surface area contributed by atoms with Gasteiger partial charge < -0.3 is 19.3 Å². The number of nitrogens with one attached hydrogen (secondary N) is 1. The Morgan fingerprint density at radius 1 is 1.27 bits per heavy atom. The summed E-state index contributed by atoms with van der Waals surface area (Å²) in [6.07, 6.45) is 0. The number of ether oxygens (including phenoxy) is 2. The highest BCUT2D eigenvalue weighted by Gasteiger charge is 2.18. The zero-order valence-electron chi connectivity index (χ0n) is 16.1. The summed E-state index contributed by atoms with van der Waals surface area (Å²) < 4.78 is 15.9. The summed E-state index contributed by atoms with van der Waals surface area (Å²) in [5.74, 6) is 2.06. The van der Waals surface area contributed by atoms with Gasteiger partial charge in [-0.3, -0.25) is 9.69 Å². The molecule has 1 aromatic carbocycles. The van der Waals surface area contributed by atoms with Gasteiger partial charge in [0.05, 0.1) is 32.9 Å². The molecule has 0 radical (unpaired) electrons. The molecule has 0 bridgehead atoms. The molecule has 2 aromatic rings. The predicted molar refractivity (Wildman–Crippen MR) is 97.1 cm³/mol. The number of hydrogen-bond donors (Lipinski definition) is 1. The molecule has 8 heteroatoms. The first kappa shape index (κ1) is 19.7. The zero-order valence-corrected chi connectivity index (χ0v) is 16.1. The van der Waals surface area contributed by atoms with Gasteiger partial charge >= 0.3 is 0 Å². The number of carbonyl (C=O) groups is 1. The Labute approximate surface area is 153 Å². The summed E-state index contributed by atoms with van der Waals surface area (Å²) in [5.41, 5.74) is 0.442. The lowest BCUT2D eigenvalue weighted by atomic mass is 10.1. The van der Waals surface area contributed by atoms with Crippen molar-refractivity contribution in [3.05, 3.63) is 24.1 Å². The predicted octanol–water partition coefficient (Wildman–Crippen LogP) is 2.10. The number of hydrogen-bond acceptors (Lipinski definition) is 7. The van der Waals surface area contributed by atoms with Crippen molar-refractivity contribution in [3.63, 3.8) is 0 Å². The lowest BCUT2D eigenvalue weighted by Crippen LogP contribution is -2.45. The molecule has 1 aromatic heterocycles. The van der Waals surface area contributed by atoms with E-state index in [1.165, 1.54) is 0 Å². The number of benzene rings is 1. The maximum absolute atomic E-state index is 12.0. The van der Waals surface area contributed by atoms with Crippen LogP contribution >= 0.6 is 0 Å². The number of rotatable bonds is 7. The molecule has 0 saturated heterocycles. The molecule has 0 atom stereocenters. The van der Waals surface area contributed by atoms with Crippen molar-refractivity contribution < 1.29 is 18.8 Å². The van der Waals surface area contributed by atoms with Gasteiger partial charge in [-0.1, -0.05) is 5.16 Å². The molecule has 1 N–H and O–H groups in total. The van der Waals surface area contributed by atoms with Gasteiger partial charge in [-0.15, -0.1) is 0 Å². The van der Waals surface area contributed by atoms with Crippen LogP contribution in [0.1, 0.15) is 26.7 Å². The molecule has 0 spiro atoms. The van der Waals surface area contributed by atoms with Gasteiger partial charge in [0, 0.05) is 11.6 Å². The molecule has 0 aliphatic carbocycles. The van der Waals surface area contributed by atoms with E-state index in [2.05, 4.69) is 15.5 Å². The Balaban J connectivity index is 2.05. The topological polar surface area (TPSA) is 89.7 Å². The first-order valence-electron chi connectivity index (χ1n) is 8.26. The average Bonchev–Trinajstić information content (AvgIpc) is 3.00. The molecule has 2 rings (SSSR count). The number of amides is 1. The first-order valence-corrected chi connectivity index (χ1v) is 8.26. The highest BCUT2D eigenvalue weighted by Crippen LogP contribution is 2.31. The van der Waals surface area contributed by atoms with E-state index < -0.39 is 0 Å². The smallest absolute Gasteiger partial charge is 0.241 e. The second kappa shape index (κ2) is 8.18. The van der Waals surface area contributed by atoms with Crippen LogP contribution in [0.15, 0.2) is 22.7 Å². The largest absolute Gasteiger partial charge is 0.497 e. The maximum atomic E-state index is 12.0. The number of aromatic nitrogens is 2. The highest BCUT2D eigenvalue weighted by atomic mass is 16.5. The fourth-order valence-corrected chi connectivity index (χ4v) is 2.40. The highest BCUT2D eigenvalue weighted by molar-refractivity contribution is 5.78. The van der Waals surface area contributed by atoms with E-state index in [-0.39, 0.29) is 18.0 Å². The van der Waals surface area contributed by atoms with Crippen molar-refractivity contribution in [1.82, 2.24) is 20.4 Å². The van der Waals surface area contributed by atoms with E-state index in [1.807, 2.05) is 38.8 Å². The van der Waals surface area contributed by atoms with Crippen LogP contribution in [0.2, 0.25) is 0 Å². The minimum Gasteiger partial charge on any atom is -0.497 e. The summed E-state index contributed by atoms with van der Waals surface area (Å²) in [5, 5.41) is 6.93. The number of carbonyl (C=O) groups excluding carboxylic acids is 1. The van der Waals surface area contributed by atoms with E-state index >= 15 is 0 Å². The van der Waals surface area contributed by atoms with Crippen molar-refractivity contribution in [2.45, 2.75) is 32.9 Å². The van der Waals surface area contributed by atoms with Crippen LogP contribution in [0.4, 0.5) is 0 Å². The third-order valence-electron chi connectivity index (χ3n) is 3.45. The van der Waals surface area contributed by atoms with Gasteiger partial charge in [-0.25, -0.2) is 0 Å². The monoisotopic (exact) mass is 362 g/mol. The Morgan fingerprint density at radius 2 is 2.00 bits per heavy atom. The summed E-state index contributed by atoms with van der Waals surface area (Å²) in [4.78, 5) is 18.2. The molecule has 26 heavy (non-hydrogen) atoms. The van der Waals surface area contributed by atoms with Crippen LogP contribution in [-0.2, 0) is 11.3 Å². The van der Waals surface area contributed by atoms with Crippen molar-refractivity contribution in [2.75, 3.05) is 27.8 Å². The van der Waals surface area contributed by atoms with Gasteiger partial charge in [0.25, 0.3) is 0 Å². The Morgan fingerprint density at radius 3 is 2.62 bits per heavy atom. The lowest BCUT2D eigenvalue weighted by Gasteiger charge is -2.22. The second-order valence-electron chi connectivity index (χ2n) is 7.05. The number of nitrogens with zero attached hydrogens (tertiary/aromatic N) is 3. The molecule has 1 amide bonds. The van der Waals surface area contributed by atoms with Crippen molar-refractivity contribution >= 4 is 5.91 Å². The quantitative estimate of drug-likeness (QED) is 0.807. The molecule has 0 fully saturated rings. The van der Waals surface area contributed by atoms with Crippen molar-refractivity contribution in [3.8, 4) is 22.9 Å². The van der Waals surface area contributed by atoms with Crippen molar-refractivity contribution in [1.29, 1.82) is 0 Å². The van der Waals surface area contributed by atoms with Crippen LogP contribution in [0.3, 0.4) is 0 Å². The third-order valence-corrected chi connectivity index (χ3v) is 3.45. The van der Waals surface area contributed by atoms with Crippen LogP contribution in [0.5, 0.6) is 11.5 Å². The average molecular weight is 362 g/mol. The van der Waals surface area contributed by atoms with Crippen LogP contribution < -0.4 is 14.8 Å². The fraction of sp³-hybridized carbons (Fsp3) is 0.500. The van der Waals surface area contributed by atoms with E-state index in [4.69, 9.17) is 14.0 Å².